The predicted molar refractivity (Wildman–Crippen MR) is 65.6 cm³/mol. The number of nitrogens with one attached hydrogen (secondary N) is 1. The van der Waals surface area contributed by atoms with E-state index in [-0.39, 0.29) is 5.54 Å². The molecule has 0 aromatic carbocycles. The lowest BCUT2D eigenvalue weighted by molar-refractivity contribution is 0.0948. The van der Waals surface area contributed by atoms with Gasteiger partial charge in [0.15, 0.2) is 0 Å². The van der Waals surface area contributed by atoms with E-state index in [4.69, 9.17) is 0 Å². The number of hydrogen-bond donors (Lipinski definition) is 2. The van der Waals surface area contributed by atoms with E-state index in [1.54, 1.807) is 6.92 Å². The molecule has 1 unspecified atom stereocenters. The number of aliphatic hydroxyl groups excluding tert-OH is 1. The standard InChI is InChI=1S/C12H22N4O/c1-9(17)12(2,3)13-8-11-15-14-10-6-4-5-7-16(10)11/h9,13,17H,4-8H2,1-3H3. The maximum atomic E-state index is 9.64. The summed E-state index contributed by atoms with van der Waals surface area (Å²) in [7, 11) is 0. The summed E-state index contributed by atoms with van der Waals surface area (Å²) in [5.41, 5.74) is -0.305. The quantitative estimate of drug-likeness (QED) is 0.817. The predicted octanol–water partition coefficient (Wildman–Crippen LogP) is 0.863. The van der Waals surface area contributed by atoms with E-state index < -0.39 is 6.10 Å². The van der Waals surface area contributed by atoms with E-state index >= 15 is 0 Å². The molecule has 0 aliphatic carbocycles. The summed E-state index contributed by atoms with van der Waals surface area (Å²) in [5, 5.41) is 21.4. The highest BCUT2D eigenvalue weighted by atomic mass is 16.3. The van der Waals surface area contributed by atoms with Crippen LogP contribution < -0.4 is 5.32 Å². The van der Waals surface area contributed by atoms with Gasteiger partial charge < -0.3 is 15.0 Å². The molecule has 0 spiro atoms. The monoisotopic (exact) mass is 238 g/mol. The van der Waals surface area contributed by atoms with Gasteiger partial charge in [0.25, 0.3) is 0 Å². The number of rotatable bonds is 4. The lowest BCUT2D eigenvalue weighted by Gasteiger charge is -2.29. The van der Waals surface area contributed by atoms with Crippen LogP contribution in [0.25, 0.3) is 0 Å². The third-order valence-electron chi connectivity index (χ3n) is 3.68. The van der Waals surface area contributed by atoms with Gasteiger partial charge >= 0.3 is 0 Å². The molecule has 2 rings (SSSR count). The van der Waals surface area contributed by atoms with E-state index in [0.29, 0.717) is 6.54 Å². The number of fused-ring (bicyclic) bond motifs is 1. The van der Waals surface area contributed by atoms with Gasteiger partial charge in [0.2, 0.25) is 0 Å². The van der Waals surface area contributed by atoms with Crippen molar-refractivity contribution < 1.29 is 5.11 Å². The van der Waals surface area contributed by atoms with Gasteiger partial charge in [0, 0.05) is 18.5 Å². The summed E-state index contributed by atoms with van der Waals surface area (Å²) in [5.74, 6) is 2.08. The van der Waals surface area contributed by atoms with Crippen molar-refractivity contribution in [2.75, 3.05) is 0 Å². The van der Waals surface area contributed by atoms with Crippen molar-refractivity contribution in [1.29, 1.82) is 0 Å². The third-order valence-corrected chi connectivity index (χ3v) is 3.68. The number of nitrogens with zero attached hydrogens (tertiary/aromatic N) is 3. The van der Waals surface area contributed by atoms with Gasteiger partial charge in [-0.05, 0) is 33.6 Å². The van der Waals surface area contributed by atoms with E-state index in [1.807, 2.05) is 13.8 Å². The van der Waals surface area contributed by atoms with Crippen LogP contribution in [-0.2, 0) is 19.5 Å². The molecular formula is C12H22N4O. The summed E-state index contributed by atoms with van der Waals surface area (Å²) >= 11 is 0. The van der Waals surface area contributed by atoms with Gasteiger partial charge in [-0.25, -0.2) is 0 Å². The van der Waals surface area contributed by atoms with Crippen LogP contribution in [0.3, 0.4) is 0 Å². The SMILES string of the molecule is CC(O)C(C)(C)NCc1nnc2n1CCCC2. The molecule has 5 nitrogen and oxygen atoms in total. The van der Waals surface area contributed by atoms with Crippen molar-refractivity contribution in [3.8, 4) is 0 Å². The molecule has 0 radical (unpaired) electrons. The minimum atomic E-state index is -0.397. The fourth-order valence-electron chi connectivity index (χ4n) is 1.95. The molecule has 1 aliphatic heterocycles. The summed E-state index contributed by atoms with van der Waals surface area (Å²) in [6, 6.07) is 0. The molecule has 0 saturated carbocycles. The zero-order chi connectivity index (χ0) is 12.5. The summed E-state index contributed by atoms with van der Waals surface area (Å²) in [6.45, 7) is 7.46. The van der Waals surface area contributed by atoms with E-state index in [2.05, 4.69) is 20.1 Å². The summed E-state index contributed by atoms with van der Waals surface area (Å²) in [6.07, 6.45) is 3.06. The first-order chi connectivity index (χ1) is 8.00. The van der Waals surface area contributed by atoms with Gasteiger partial charge in [-0.3, -0.25) is 0 Å². The number of hydrogen-bond acceptors (Lipinski definition) is 4. The Balaban J connectivity index is 2.02. The van der Waals surface area contributed by atoms with Crippen molar-refractivity contribution in [2.45, 2.75) is 64.8 Å². The first-order valence-electron chi connectivity index (χ1n) is 6.35. The van der Waals surface area contributed by atoms with Crippen LogP contribution >= 0.6 is 0 Å². The third kappa shape index (κ3) is 2.66. The molecule has 96 valence electrons. The normalized spacial score (nSPS) is 17.9. The van der Waals surface area contributed by atoms with Crippen LogP contribution in [0.4, 0.5) is 0 Å². The molecule has 0 saturated heterocycles. The second kappa shape index (κ2) is 4.74. The first kappa shape index (κ1) is 12.5. The molecule has 0 amide bonds. The highest BCUT2D eigenvalue weighted by molar-refractivity contribution is 4.99. The maximum Gasteiger partial charge on any atom is 0.147 e. The topological polar surface area (TPSA) is 63.0 Å². The van der Waals surface area contributed by atoms with Gasteiger partial charge in [-0.1, -0.05) is 0 Å². The lowest BCUT2D eigenvalue weighted by atomic mass is 9.99. The maximum absolute atomic E-state index is 9.64. The largest absolute Gasteiger partial charge is 0.392 e. The van der Waals surface area contributed by atoms with Crippen LogP contribution in [0.1, 0.15) is 45.3 Å². The summed E-state index contributed by atoms with van der Waals surface area (Å²) in [4.78, 5) is 0. The number of aliphatic hydroxyl groups is 1. The Morgan fingerprint density at radius 2 is 2.18 bits per heavy atom. The molecule has 1 aromatic rings. The highest BCUT2D eigenvalue weighted by Gasteiger charge is 2.24. The minimum absolute atomic E-state index is 0.305. The molecule has 0 bridgehead atoms. The molecule has 17 heavy (non-hydrogen) atoms. The number of aryl methyl sites for hydroxylation is 1. The van der Waals surface area contributed by atoms with E-state index in [9.17, 15) is 5.11 Å². The zero-order valence-electron chi connectivity index (χ0n) is 10.9. The molecule has 1 aliphatic rings. The van der Waals surface area contributed by atoms with Gasteiger partial charge in [0.1, 0.15) is 11.6 Å². The molecule has 0 fully saturated rings. The fraction of sp³-hybridized carbons (Fsp3) is 0.833. The lowest BCUT2D eigenvalue weighted by Crippen LogP contribution is -2.48. The summed E-state index contributed by atoms with van der Waals surface area (Å²) < 4.78 is 2.20. The van der Waals surface area contributed by atoms with Crippen molar-refractivity contribution in [3.63, 3.8) is 0 Å². The Kier molecular flexibility index (Phi) is 3.49. The van der Waals surface area contributed by atoms with E-state index in [1.165, 1.54) is 12.8 Å². The smallest absolute Gasteiger partial charge is 0.147 e. The Morgan fingerprint density at radius 3 is 2.88 bits per heavy atom. The molecule has 2 heterocycles. The van der Waals surface area contributed by atoms with Crippen molar-refractivity contribution >= 4 is 0 Å². The second-order valence-electron chi connectivity index (χ2n) is 5.39. The van der Waals surface area contributed by atoms with Crippen molar-refractivity contribution in [1.82, 2.24) is 20.1 Å². The molecule has 1 aromatic heterocycles. The van der Waals surface area contributed by atoms with Crippen LogP contribution in [0.2, 0.25) is 0 Å². The second-order valence-corrected chi connectivity index (χ2v) is 5.39. The van der Waals surface area contributed by atoms with Crippen LogP contribution in [0, 0.1) is 0 Å². The van der Waals surface area contributed by atoms with Crippen LogP contribution in [0.5, 0.6) is 0 Å². The molecular weight excluding hydrogens is 216 g/mol. The first-order valence-corrected chi connectivity index (χ1v) is 6.35. The van der Waals surface area contributed by atoms with Gasteiger partial charge in [0.05, 0.1) is 12.6 Å². The van der Waals surface area contributed by atoms with Gasteiger partial charge in [-0.2, -0.15) is 0 Å². The average Bonchev–Trinajstić information content (AvgIpc) is 2.69. The Morgan fingerprint density at radius 1 is 1.41 bits per heavy atom. The van der Waals surface area contributed by atoms with Crippen LogP contribution in [0.15, 0.2) is 0 Å². The van der Waals surface area contributed by atoms with Crippen LogP contribution in [-0.4, -0.2) is 31.5 Å². The zero-order valence-corrected chi connectivity index (χ0v) is 10.9. The fourth-order valence-corrected chi connectivity index (χ4v) is 1.95. The molecule has 1 atom stereocenters. The Labute approximate surface area is 102 Å². The van der Waals surface area contributed by atoms with Crippen molar-refractivity contribution in [2.24, 2.45) is 0 Å². The molecule has 5 heteroatoms. The molecule has 2 N–H and O–H groups in total. The van der Waals surface area contributed by atoms with Gasteiger partial charge in [-0.15, -0.1) is 10.2 Å². The van der Waals surface area contributed by atoms with Crippen molar-refractivity contribution in [3.05, 3.63) is 11.6 Å². The number of aromatic nitrogens is 3. The highest BCUT2D eigenvalue weighted by Crippen LogP contribution is 2.15. The van der Waals surface area contributed by atoms with E-state index in [0.717, 1.165) is 24.6 Å². The average molecular weight is 238 g/mol. The Bertz CT molecular complexity index is 384. The minimum Gasteiger partial charge on any atom is -0.392 e. The Hall–Kier alpha value is -0.940.